The van der Waals surface area contributed by atoms with Gasteiger partial charge in [-0.1, -0.05) is 32.9 Å². The van der Waals surface area contributed by atoms with E-state index in [0.717, 1.165) is 16.8 Å². The number of hydrogen-bond donors (Lipinski definition) is 2. The molecule has 0 fully saturated rings. The molecule has 180 valence electrons. The molecule has 2 amide bonds. The summed E-state index contributed by atoms with van der Waals surface area (Å²) in [5.74, 6) is -0.00962. The highest BCUT2D eigenvalue weighted by atomic mass is 32.2. The third kappa shape index (κ3) is 5.28. The van der Waals surface area contributed by atoms with Crippen molar-refractivity contribution in [3.05, 3.63) is 71.2 Å². The minimum atomic E-state index is -3.30. The summed E-state index contributed by atoms with van der Waals surface area (Å²) in [6, 6.07) is 12.7. The Morgan fingerprint density at radius 1 is 1.06 bits per heavy atom. The molecule has 0 saturated carbocycles. The number of nitrogens with zero attached hydrogens (tertiary/aromatic N) is 3. The number of aromatic nitrogens is 2. The van der Waals surface area contributed by atoms with E-state index in [2.05, 4.69) is 10.6 Å². The second-order valence-electron chi connectivity index (χ2n) is 9.47. The number of carbonyl (C=O) groups excluding carboxylic acids is 1. The maximum Gasteiger partial charge on any atom is 0.324 e. The van der Waals surface area contributed by atoms with Crippen molar-refractivity contribution >= 4 is 27.6 Å². The van der Waals surface area contributed by atoms with Crippen LogP contribution in [0.3, 0.4) is 0 Å². The average molecular weight is 486 g/mol. The molecule has 2 N–H and O–H groups in total. The van der Waals surface area contributed by atoms with Gasteiger partial charge >= 0.3 is 6.03 Å². The summed E-state index contributed by atoms with van der Waals surface area (Å²) < 4.78 is 40.6. The van der Waals surface area contributed by atoms with Gasteiger partial charge < -0.3 is 5.32 Å². The van der Waals surface area contributed by atoms with E-state index in [-0.39, 0.29) is 12.0 Å². The van der Waals surface area contributed by atoms with Crippen LogP contribution in [0, 0.1) is 5.82 Å². The third-order valence-corrected chi connectivity index (χ3v) is 6.93. The van der Waals surface area contributed by atoms with Gasteiger partial charge in [0.1, 0.15) is 11.6 Å². The number of urea groups is 1. The van der Waals surface area contributed by atoms with Gasteiger partial charge in [-0.25, -0.2) is 22.3 Å². The van der Waals surface area contributed by atoms with E-state index in [9.17, 15) is 17.6 Å². The molecule has 1 aliphatic rings. The Labute approximate surface area is 198 Å². The topological polar surface area (TPSA) is 96.3 Å². The zero-order valence-electron chi connectivity index (χ0n) is 19.6. The molecule has 1 aromatic heterocycles. The number of halogens is 1. The molecule has 2 aromatic carbocycles. The van der Waals surface area contributed by atoms with Crippen LogP contribution in [0.25, 0.3) is 5.69 Å². The molecule has 0 aliphatic carbocycles. The number of benzene rings is 2. The number of nitrogens with one attached hydrogen (secondary N) is 2. The first-order valence-electron chi connectivity index (χ1n) is 10.9. The Morgan fingerprint density at radius 2 is 1.82 bits per heavy atom. The number of carbonyl (C=O) groups is 1. The normalized spacial score (nSPS) is 14.5. The van der Waals surface area contributed by atoms with Gasteiger partial charge in [-0.2, -0.15) is 9.40 Å². The average Bonchev–Trinajstić information content (AvgIpc) is 3.16. The van der Waals surface area contributed by atoms with Gasteiger partial charge in [0, 0.05) is 30.3 Å². The summed E-state index contributed by atoms with van der Waals surface area (Å²) in [7, 11) is -3.30. The van der Waals surface area contributed by atoms with Crippen LogP contribution in [0.15, 0.2) is 48.5 Å². The van der Waals surface area contributed by atoms with Gasteiger partial charge in [0.25, 0.3) is 0 Å². The van der Waals surface area contributed by atoms with Crippen molar-refractivity contribution < 1.29 is 17.6 Å². The van der Waals surface area contributed by atoms with Gasteiger partial charge in [-0.3, -0.25) is 5.32 Å². The molecule has 4 rings (SSSR count). The first-order chi connectivity index (χ1) is 15.9. The third-order valence-electron chi connectivity index (χ3n) is 5.68. The fourth-order valence-electron chi connectivity index (χ4n) is 3.81. The van der Waals surface area contributed by atoms with Crippen molar-refractivity contribution in [1.29, 1.82) is 0 Å². The molecule has 3 aromatic rings. The van der Waals surface area contributed by atoms with Crippen LogP contribution < -0.4 is 10.6 Å². The van der Waals surface area contributed by atoms with Crippen molar-refractivity contribution in [1.82, 2.24) is 14.1 Å². The van der Waals surface area contributed by atoms with E-state index in [4.69, 9.17) is 5.10 Å². The van der Waals surface area contributed by atoms with Crippen molar-refractivity contribution in [2.75, 3.05) is 23.4 Å². The maximum absolute atomic E-state index is 13.5. The molecule has 0 saturated heterocycles. The maximum atomic E-state index is 13.5. The Morgan fingerprint density at radius 3 is 2.50 bits per heavy atom. The molecule has 2 heterocycles. The summed E-state index contributed by atoms with van der Waals surface area (Å²) in [4.78, 5) is 12.7. The lowest BCUT2D eigenvalue weighted by Gasteiger charge is -2.27. The van der Waals surface area contributed by atoms with Crippen molar-refractivity contribution in [2.24, 2.45) is 0 Å². The van der Waals surface area contributed by atoms with Gasteiger partial charge in [-0.05, 0) is 47.9 Å². The molecule has 0 radical (unpaired) electrons. The lowest BCUT2D eigenvalue weighted by Crippen LogP contribution is -2.35. The minimum absolute atomic E-state index is 0.276. The zero-order valence-corrected chi connectivity index (χ0v) is 20.4. The predicted octanol–water partition coefficient (Wildman–Crippen LogP) is 4.27. The highest BCUT2D eigenvalue weighted by Crippen LogP contribution is 2.29. The van der Waals surface area contributed by atoms with E-state index >= 15 is 0 Å². The number of sulfonamides is 1. The number of anilines is 2. The van der Waals surface area contributed by atoms with Crippen molar-refractivity contribution in [3.8, 4) is 5.69 Å². The number of amides is 2. The molecule has 0 unspecified atom stereocenters. The lowest BCUT2D eigenvalue weighted by molar-refractivity contribution is 0.262. The summed E-state index contributed by atoms with van der Waals surface area (Å²) in [5, 5.41) is 10.2. The van der Waals surface area contributed by atoms with Crippen molar-refractivity contribution in [2.45, 2.75) is 39.2 Å². The molecule has 0 bridgehead atoms. The van der Waals surface area contributed by atoms with Crippen LogP contribution in [0.5, 0.6) is 0 Å². The predicted molar refractivity (Wildman–Crippen MR) is 130 cm³/mol. The van der Waals surface area contributed by atoms with Gasteiger partial charge in [-0.15, -0.1) is 0 Å². The van der Waals surface area contributed by atoms with Crippen LogP contribution in [-0.4, -0.2) is 41.3 Å². The number of fused-ring (bicyclic) bond motifs is 1. The molecular formula is C24H28FN5O3S. The monoisotopic (exact) mass is 485 g/mol. The van der Waals surface area contributed by atoms with Gasteiger partial charge in [0.2, 0.25) is 10.0 Å². The molecule has 0 spiro atoms. The molecular weight excluding hydrogens is 457 g/mol. The smallest absolute Gasteiger partial charge is 0.308 e. The summed E-state index contributed by atoms with van der Waals surface area (Å²) >= 11 is 0. The number of rotatable bonds is 4. The summed E-state index contributed by atoms with van der Waals surface area (Å²) in [6.07, 6.45) is 1.85. The first-order valence-corrected chi connectivity index (χ1v) is 12.8. The minimum Gasteiger partial charge on any atom is -0.308 e. The van der Waals surface area contributed by atoms with Crippen LogP contribution in [0.1, 0.15) is 37.6 Å². The largest absolute Gasteiger partial charge is 0.324 e. The Kier molecular flexibility index (Phi) is 6.22. The van der Waals surface area contributed by atoms with Crippen LogP contribution >= 0.6 is 0 Å². The van der Waals surface area contributed by atoms with E-state index < -0.39 is 21.9 Å². The quantitative estimate of drug-likeness (QED) is 0.577. The second-order valence-corrected chi connectivity index (χ2v) is 11.4. The second kappa shape index (κ2) is 8.84. The standard InChI is InChI=1S/C24H28FN5O3S/c1-24(2,3)21-14-22(27-23(31)26-19-7-5-6-18(25)13-19)30(28-21)20-9-8-16-10-11-29(34(4,32)33)15-17(16)12-20/h5-9,12-14H,10-11,15H2,1-4H3,(H2,26,27,31). The molecule has 8 nitrogen and oxygen atoms in total. The molecule has 10 heteroatoms. The summed E-state index contributed by atoms with van der Waals surface area (Å²) in [5.41, 5.74) is 3.51. The SMILES string of the molecule is CC(C)(C)c1cc(NC(=O)Nc2cccc(F)c2)n(-c2ccc3c(c2)CN(S(C)(=O)=O)CC3)n1. The van der Waals surface area contributed by atoms with E-state index in [0.29, 0.717) is 30.2 Å². The highest BCUT2D eigenvalue weighted by Gasteiger charge is 2.25. The van der Waals surface area contributed by atoms with Crippen LogP contribution in [-0.2, 0) is 28.4 Å². The van der Waals surface area contributed by atoms with E-state index in [1.165, 1.54) is 28.8 Å². The van der Waals surface area contributed by atoms with Crippen LogP contribution in [0.2, 0.25) is 0 Å². The molecule has 1 aliphatic heterocycles. The Balaban J connectivity index is 1.66. The first kappa shape index (κ1) is 23.9. The fourth-order valence-corrected chi connectivity index (χ4v) is 4.61. The molecule has 34 heavy (non-hydrogen) atoms. The Bertz CT molecular complexity index is 1340. The summed E-state index contributed by atoms with van der Waals surface area (Å²) in [6.45, 7) is 6.81. The van der Waals surface area contributed by atoms with Gasteiger partial charge in [0.15, 0.2) is 0 Å². The van der Waals surface area contributed by atoms with Gasteiger partial charge in [0.05, 0.1) is 17.6 Å². The van der Waals surface area contributed by atoms with E-state index in [1.54, 1.807) is 16.8 Å². The fraction of sp³-hybridized carbons (Fsp3) is 0.333. The van der Waals surface area contributed by atoms with Crippen LogP contribution in [0.4, 0.5) is 20.7 Å². The zero-order chi connectivity index (χ0) is 24.7. The Hall–Kier alpha value is -3.24. The van der Waals surface area contributed by atoms with Crippen molar-refractivity contribution in [3.63, 3.8) is 0 Å². The lowest BCUT2D eigenvalue weighted by atomic mass is 9.92. The number of hydrogen-bond acceptors (Lipinski definition) is 4. The highest BCUT2D eigenvalue weighted by molar-refractivity contribution is 7.88. The van der Waals surface area contributed by atoms with E-state index in [1.807, 2.05) is 39.0 Å². The molecule has 0 atom stereocenters.